The number of hydrogen-bond donors (Lipinski definition) is 2. The lowest BCUT2D eigenvalue weighted by atomic mass is 9.96. The van der Waals surface area contributed by atoms with Crippen molar-refractivity contribution in [3.8, 4) is 0 Å². The summed E-state index contributed by atoms with van der Waals surface area (Å²) >= 11 is 0. The van der Waals surface area contributed by atoms with Gasteiger partial charge in [0.25, 0.3) is 0 Å². The van der Waals surface area contributed by atoms with E-state index >= 15 is 0 Å². The Hall–Kier alpha value is -2.89. The minimum atomic E-state index is -0.338. The van der Waals surface area contributed by atoms with Gasteiger partial charge in [-0.2, -0.15) is 0 Å². The number of aryl methyl sites for hydroxylation is 1. The van der Waals surface area contributed by atoms with Crippen molar-refractivity contribution in [2.75, 3.05) is 23.7 Å². The first-order valence-corrected chi connectivity index (χ1v) is 8.71. The molecule has 0 bridgehead atoms. The molecule has 0 unspecified atom stereocenters. The molecule has 2 aromatic carbocycles. The van der Waals surface area contributed by atoms with E-state index in [1.807, 2.05) is 30.3 Å². The van der Waals surface area contributed by atoms with E-state index in [-0.39, 0.29) is 23.7 Å². The fourth-order valence-corrected chi connectivity index (χ4v) is 2.98. The molecule has 3 rings (SSSR count). The van der Waals surface area contributed by atoms with Crippen LogP contribution in [0.4, 0.5) is 20.6 Å². The van der Waals surface area contributed by atoms with E-state index in [0.29, 0.717) is 37.2 Å². The molecule has 0 spiro atoms. The Morgan fingerprint density at radius 3 is 2.35 bits per heavy atom. The molecule has 3 amide bonds. The number of carbonyl (C=O) groups is 2. The van der Waals surface area contributed by atoms with E-state index in [9.17, 15) is 14.0 Å². The van der Waals surface area contributed by atoms with Gasteiger partial charge in [-0.15, -0.1) is 0 Å². The third kappa shape index (κ3) is 4.39. The van der Waals surface area contributed by atoms with Crippen LogP contribution in [0.5, 0.6) is 0 Å². The van der Waals surface area contributed by atoms with Crippen LogP contribution in [0.1, 0.15) is 18.4 Å². The molecule has 1 aliphatic rings. The van der Waals surface area contributed by atoms with Crippen LogP contribution in [-0.2, 0) is 4.79 Å². The Morgan fingerprint density at radius 2 is 1.69 bits per heavy atom. The predicted molar refractivity (Wildman–Crippen MR) is 99.5 cm³/mol. The van der Waals surface area contributed by atoms with Gasteiger partial charge in [0.1, 0.15) is 5.82 Å². The van der Waals surface area contributed by atoms with E-state index in [1.54, 1.807) is 24.0 Å². The minimum absolute atomic E-state index is 0.128. The number of hydrogen-bond acceptors (Lipinski definition) is 2. The van der Waals surface area contributed by atoms with Crippen LogP contribution in [0.2, 0.25) is 0 Å². The monoisotopic (exact) mass is 355 g/mol. The summed E-state index contributed by atoms with van der Waals surface area (Å²) in [6, 6.07) is 13.8. The van der Waals surface area contributed by atoms with Crippen molar-refractivity contribution in [1.82, 2.24) is 4.90 Å². The van der Waals surface area contributed by atoms with Crippen molar-refractivity contribution in [3.05, 3.63) is 59.9 Å². The van der Waals surface area contributed by atoms with E-state index in [2.05, 4.69) is 10.6 Å². The molecule has 0 atom stereocenters. The van der Waals surface area contributed by atoms with Gasteiger partial charge < -0.3 is 15.5 Å². The number of nitrogens with one attached hydrogen (secondary N) is 2. The Balaban J connectivity index is 1.50. The molecular formula is C20H22FN3O2. The van der Waals surface area contributed by atoms with Gasteiger partial charge in [-0.1, -0.05) is 24.3 Å². The molecule has 1 fully saturated rings. The van der Waals surface area contributed by atoms with Crippen molar-refractivity contribution in [1.29, 1.82) is 0 Å². The molecule has 1 aliphatic heterocycles. The summed E-state index contributed by atoms with van der Waals surface area (Å²) in [6.07, 6.45) is 1.17. The Morgan fingerprint density at radius 1 is 1.00 bits per heavy atom. The molecule has 0 radical (unpaired) electrons. The lowest BCUT2D eigenvalue weighted by Gasteiger charge is -2.31. The summed E-state index contributed by atoms with van der Waals surface area (Å²) in [5, 5.41) is 5.62. The Labute approximate surface area is 152 Å². The van der Waals surface area contributed by atoms with Crippen LogP contribution in [0.15, 0.2) is 48.5 Å². The predicted octanol–water partition coefficient (Wildman–Crippen LogP) is 4.02. The molecule has 6 heteroatoms. The average Bonchev–Trinajstić information content (AvgIpc) is 2.65. The number of amides is 3. The SMILES string of the molecule is Cc1ccc(NC(=O)C2CCN(C(=O)Nc3ccccc3)CC2)cc1F. The fourth-order valence-electron chi connectivity index (χ4n) is 2.98. The van der Waals surface area contributed by atoms with Gasteiger partial charge in [0.15, 0.2) is 0 Å². The first-order chi connectivity index (χ1) is 12.5. The molecule has 0 saturated carbocycles. The number of likely N-dealkylation sites (tertiary alicyclic amines) is 1. The zero-order valence-corrected chi connectivity index (χ0v) is 14.7. The smallest absolute Gasteiger partial charge is 0.321 e. The second kappa shape index (κ2) is 7.99. The van der Waals surface area contributed by atoms with Crippen LogP contribution < -0.4 is 10.6 Å². The summed E-state index contributed by atoms with van der Waals surface area (Å²) in [7, 11) is 0. The number of rotatable bonds is 3. The molecule has 136 valence electrons. The third-order valence-electron chi connectivity index (χ3n) is 4.62. The highest BCUT2D eigenvalue weighted by Crippen LogP contribution is 2.21. The molecule has 2 aromatic rings. The largest absolute Gasteiger partial charge is 0.326 e. The second-order valence-electron chi connectivity index (χ2n) is 6.51. The normalized spacial score (nSPS) is 14.8. The summed E-state index contributed by atoms with van der Waals surface area (Å²) < 4.78 is 13.6. The van der Waals surface area contributed by atoms with Gasteiger partial charge >= 0.3 is 6.03 Å². The fraction of sp³-hybridized carbons (Fsp3) is 0.300. The van der Waals surface area contributed by atoms with Gasteiger partial charge in [0.2, 0.25) is 5.91 Å². The number of halogens is 1. The maximum absolute atomic E-state index is 13.6. The molecule has 0 aliphatic carbocycles. The van der Waals surface area contributed by atoms with Crippen molar-refractivity contribution in [2.45, 2.75) is 19.8 Å². The van der Waals surface area contributed by atoms with Crippen molar-refractivity contribution < 1.29 is 14.0 Å². The highest BCUT2D eigenvalue weighted by molar-refractivity contribution is 5.93. The highest BCUT2D eigenvalue weighted by Gasteiger charge is 2.27. The Bertz CT molecular complexity index is 787. The standard InChI is InChI=1S/C20H22FN3O2/c1-14-7-8-17(13-18(14)21)22-19(25)15-9-11-24(12-10-15)20(26)23-16-5-3-2-4-6-16/h2-8,13,15H,9-12H2,1H3,(H,22,25)(H,23,26). The number of benzene rings is 2. The van der Waals surface area contributed by atoms with Crippen molar-refractivity contribution in [3.63, 3.8) is 0 Å². The molecule has 2 N–H and O–H groups in total. The van der Waals surface area contributed by atoms with Crippen LogP contribution in [0, 0.1) is 18.7 Å². The number of urea groups is 1. The number of nitrogens with zero attached hydrogens (tertiary/aromatic N) is 1. The molecular weight excluding hydrogens is 333 g/mol. The topological polar surface area (TPSA) is 61.4 Å². The minimum Gasteiger partial charge on any atom is -0.326 e. The lowest BCUT2D eigenvalue weighted by Crippen LogP contribution is -2.43. The van der Waals surface area contributed by atoms with Crippen molar-refractivity contribution >= 4 is 23.3 Å². The molecule has 1 heterocycles. The summed E-state index contributed by atoms with van der Waals surface area (Å²) in [5.41, 5.74) is 1.75. The quantitative estimate of drug-likeness (QED) is 0.874. The van der Waals surface area contributed by atoms with E-state index in [1.165, 1.54) is 6.07 Å². The first kappa shape index (κ1) is 17.9. The zero-order chi connectivity index (χ0) is 18.5. The number of piperidine rings is 1. The first-order valence-electron chi connectivity index (χ1n) is 8.71. The van der Waals surface area contributed by atoms with Crippen LogP contribution in [-0.4, -0.2) is 29.9 Å². The maximum atomic E-state index is 13.6. The summed E-state index contributed by atoms with van der Waals surface area (Å²) in [6.45, 7) is 2.70. The lowest BCUT2D eigenvalue weighted by molar-refractivity contribution is -0.121. The molecule has 26 heavy (non-hydrogen) atoms. The van der Waals surface area contributed by atoms with Gasteiger partial charge in [0.05, 0.1) is 0 Å². The average molecular weight is 355 g/mol. The Kier molecular flexibility index (Phi) is 5.51. The molecule has 5 nitrogen and oxygen atoms in total. The van der Waals surface area contributed by atoms with Gasteiger partial charge in [0, 0.05) is 30.4 Å². The summed E-state index contributed by atoms with van der Waals surface area (Å²) in [5.74, 6) is -0.647. The summed E-state index contributed by atoms with van der Waals surface area (Å²) in [4.78, 5) is 26.4. The van der Waals surface area contributed by atoms with Crippen LogP contribution in [0.25, 0.3) is 0 Å². The molecule has 0 aromatic heterocycles. The zero-order valence-electron chi connectivity index (χ0n) is 14.7. The van der Waals surface area contributed by atoms with E-state index < -0.39 is 0 Å². The van der Waals surface area contributed by atoms with Gasteiger partial charge in [-0.25, -0.2) is 9.18 Å². The van der Waals surface area contributed by atoms with Gasteiger partial charge in [-0.05, 0) is 49.6 Å². The third-order valence-corrected chi connectivity index (χ3v) is 4.62. The maximum Gasteiger partial charge on any atom is 0.321 e. The molecule has 1 saturated heterocycles. The van der Waals surface area contributed by atoms with E-state index in [0.717, 1.165) is 5.69 Å². The number of para-hydroxylation sites is 1. The number of carbonyl (C=O) groups excluding carboxylic acids is 2. The van der Waals surface area contributed by atoms with Crippen LogP contribution >= 0.6 is 0 Å². The van der Waals surface area contributed by atoms with Crippen LogP contribution in [0.3, 0.4) is 0 Å². The van der Waals surface area contributed by atoms with Gasteiger partial charge in [-0.3, -0.25) is 4.79 Å². The second-order valence-corrected chi connectivity index (χ2v) is 6.51. The number of anilines is 2. The van der Waals surface area contributed by atoms with Crippen molar-refractivity contribution in [2.24, 2.45) is 5.92 Å². The highest BCUT2D eigenvalue weighted by atomic mass is 19.1. The van der Waals surface area contributed by atoms with E-state index in [4.69, 9.17) is 0 Å².